The Labute approximate surface area is 651 Å². The summed E-state index contributed by atoms with van der Waals surface area (Å²) < 4.78 is 0. The first-order valence-electron chi connectivity index (χ1n) is 36.9. The Morgan fingerprint density at radius 1 is 0.631 bits per heavy atom. The number of thioether (sulfide) groups is 2. The lowest BCUT2D eigenvalue weighted by Crippen LogP contribution is -2.68. The van der Waals surface area contributed by atoms with Gasteiger partial charge in [-0.05, 0) is 135 Å². The van der Waals surface area contributed by atoms with Crippen molar-refractivity contribution >= 4 is 111 Å². The van der Waals surface area contributed by atoms with Gasteiger partial charge in [-0.25, -0.2) is 4.98 Å². The predicted octanol–water partition coefficient (Wildman–Crippen LogP) is 0.439. The van der Waals surface area contributed by atoms with Gasteiger partial charge in [-0.3, -0.25) is 62.3 Å². The molecule has 2 bridgehead atoms. The number of phenolic OH excluding ortho intramolecular Hbond substituents is 2. The van der Waals surface area contributed by atoms with Gasteiger partial charge in [0.25, 0.3) is 0 Å². The van der Waals surface area contributed by atoms with Crippen molar-refractivity contribution in [3.8, 4) is 11.5 Å². The van der Waals surface area contributed by atoms with Crippen LogP contribution in [0.4, 0.5) is 0 Å². The van der Waals surface area contributed by atoms with Crippen LogP contribution in [0.5, 0.6) is 11.5 Å². The lowest BCUT2D eigenvalue weighted by molar-refractivity contribution is -0.143. The molecule has 111 heavy (non-hydrogen) atoms. The van der Waals surface area contributed by atoms with E-state index < -0.39 is 172 Å². The summed E-state index contributed by atoms with van der Waals surface area (Å²) in [6.07, 6.45) is 0.0446. The number of aliphatic hydroxyl groups is 2. The van der Waals surface area contributed by atoms with E-state index in [1.54, 1.807) is 59.0 Å². The Bertz CT molecular complexity index is 4230. The quantitative estimate of drug-likeness (QED) is 0.0853. The van der Waals surface area contributed by atoms with Gasteiger partial charge in [-0.2, -0.15) is 23.5 Å². The standard InChI is InChI=1S/C77H103N15O17S2/c1-40(2)76(10)73(108)88-60(43(5)94)70(105)86-56(62(78)98)38-110-36-47-15-11-16-48(31-47)37-111-39-57(82-44(6)95)65(100)89-61(75(7,8)9)71(106)85-55(33-46-21-25-51(97)26-22-46)72(107)92-30-13-18-58(92)68(103)87-59(42(4)93)69(104)84-54(34-49-35-80-63-52(49)17-12-29-79-63)67(102)91-77(27-14-28-77)74(109)81-41(3)64(99)83-53(66(101)90-76)32-45-19-23-50(96)24-20-45/h11-12,15-17,19-26,29,31,35,40-43,53-61,93-94,96-97H,13-14,18,27-28,30,32-34,36-39H2,1-10H3,(H2,78,98)(H,79,80)(H,81,109)(H,82,95)(H,83,99)(H,84,104)(H,85,106)(H,86,105)(H,87,103)(H,88,108)(H,89,100)(H,90,101)(H,91,102)/t41-,42+,43+,53-,54-,55-,56-,57-,58-,59-,60-,61+,76-/m0/s1. The van der Waals surface area contributed by atoms with Crippen LogP contribution in [0, 0.1) is 11.3 Å². The van der Waals surface area contributed by atoms with Crippen LogP contribution >= 0.6 is 23.5 Å². The molecule has 18 N–H and O–H groups in total. The van der Waals surface area contributed by atoms with Gasteiger partial charge in [-0.1, -0.05) is 83.1 Å². The summed E-state index contributed by atoms with van der Waals surface area (Å²) >= 11 is 2.52. The van der Waals surface area contributed by atoms with E-state index in [4.69, 9.17) is 5.73 Å². The van der Waals surface area contributed by atoms with E-state index in [0.717, 1.165) is 11.1 Å². The monoisotopic (exact) mass is 1570 g/mol. The van der Waals surface area contributed by atoms with Gasteiger partial charge in [0.2, 0.25) is 76.8 Å². The Morgan fingerprint density at radius 2 is 1.19 bits per heavy atom. The molecule has 0 radical (unpaired) electrons. The molecule has 1 saturated heterocycles. The molecule has 13 atom stereocenters. The summed E-state index contributed by atoms with van der Waals surface area (Å²) in [5.74, 6) is -11.6. The number of hydrogen-bond donors (Lipinski definition) is 17. The van der Waals surface area contributed by atoms with Crippen LogP contribution in [-0.4, -0.2) is 214 Å². The second-order valence-corrected chi connectivity index (χ2v) is 32.4. The molecule has 1 saturated carbocycles. The van der Waals surface area contributed by atoms with Crippen molar-refractivity contribution in [3.05, 3.63) is 125 Å². The third-order valence-corrected chi connectivity index (χ3v) is 22.4. The minimum atomic E-state index is -1.90. The summed E-state index contributed by atoms with van der Waals surface area (Å²) in [7, 11) is 0. The second-order valence-electron chi connectivity index (χ2n) is 30.3. The number of primary amides is 1. The molecular formula is C77H103N15O17S2. The zero-order valence-electron chi connectivity index (χ0n) is 63.8. The molecule has 32 nitrogen and oxygen atoms in total. The molecule has 4 heterocycles. The maximum atomic E-state index is 15.2. The highest BCUT2D eigenvalue weighted by atomic mass is 32.2. The number of aromatic hydroxyl groups is 2. The van der Waals surface area contributed by atoms with E-state index in [0.29, 0.717) is 45.7 Å². The number of nitrogens with one attached hydrogen (secondary N) is 12. The number of aromatic nitrogens is 2. The fraction of sp³-hybridized carbons (Fsp3) is 0.506. The van der Waals surface area contributed by atoms with Crippen LogP contribution in [0.1, 0.15) is 129 Å². The number of fused-ring (bicyclic) bond motifs is 4. The first-order valence-corrected chi connectivity index (χ1v) is 39.2. The fourth-order valence-electron chi connectivity index (χ4n) is 13.1. The predicted molar refractivity (Wildman–Crippen MR) is 414 cm³/mol. The molecule has 5 aromatic rings. The highest BCUT2D eigenvalue weighted by molar-refractivity contribution is 7.98. The lowest BCUT2D eigenvalue weighted by Gasteiger charge is -2.42. The lowest BCUT2D eigenvalue weighted by atomic mass is 9.75. The van der Waals surface area contributed by atoms with Crippen LogP contribution in [0.15, 0.2) is 97.3 Å². The zero-order chi connectivity index (χ0) is 81.4. The van der Waals surface area contributed by atoms with Crippen LogP contribution < -0.4 is 64.2 Å². The van der Waals surface area contributed by atoms with Crippen molar-refractivity contribution in [2.24, 2.45) is 17.1 Å². The molecule has 13 amide bonds. The van der Waals surface area contributed by atoms with E-state index in [9.17, 15) is 73.2 Å². The number of pyridine rings is 1. The van der Waals surface area contributed by atoms with Gasteiger partial charge >= 0.3 is 0 Å². The molecule has 3 aliphatic rings. The average Bonchev–Trinajstić information content (AvgIpc) is 1.41. The largest absolute Gasteiger partial charge is 0.508 e. The molecule has 2 fully saturated rings. The topological polar surface area (TPSA) is 493 Å². The van der Waals surface area contributed by atoms with Gasteiger partial charge in [0.05, 0.1) is 12.2 Å². The summed E-state index contributed by atoms with van der Waals surface area (Å²) in [4.78, 5) is 196. The first kappa shape index (κ1) is 86.3. The number of amides is 13. The van der Waals surface area contributed by atoms with Crippen LogP contribution in [0.2, 0.25) is 0 Å². The van der Waals surface area contributed by atoms with Crippen LogP contribution in [0.3, 0.4) is 0 Å². The van der Waals surface area contributed by atoms with Crippen molar-refractivity contribution in [1.29, 1.82) is 0 Å². The number of carbonyl (C=O) groups excluding carboxylic acids is 13. The van der Waals surface area contributed by atoms with Gasteiger partial charge in [0, 0.05) is 73.5 Å². The van der Waals surface area contributed by atoms with E-state index in [1.807, 2.05) is 18.2 Å². The normalized spacial score (nSPS) is 26.0. The van der Waals surface area contributed by atoms with Crippen molar-refractivity contribution < 1.29 is 82.8 Å². The third-order valence-electron chi connectivity index (χ3n) is 20.2. The van der Waals surface area contributed by atoms with Crippen molar-refractivity contribution in [2.75, 3.05) is 18.1 Å². The van der Waals surface area contributed by atoms with Gasteiger partial charge in [-0.15, -0.1) is 0 Å². The van der Waals surface area contributed by atoms with E-state index in [1.165, 1.54) is 118 Å². The summed E-state index contributed by atoms with van der Waals surface area (Å²) in [6, 6.07) is 7.67. The van der Waals surface area contributed by atoms with Crippen molar-refractivity contribution in [2.45, 2.75) is 216 Å². The highest BCUT2D eigenvalue weighted by Gasteiger charge is 2.49. The Morgan fingerprint density at radius 3 is 1.76 bits per heavy atom. The number of hydrogen-bond acceptors (Lipinski definition) is 20. The smallest absolute Gasteiger partial charge is 0.246 e. The molecule has 8 rings (SSSR count). The molecule has 3 aromatic carbocycles. The Kier molecular flexibility index (Phi) is 29.6. The maximum absolute atomic E-state index is 15.2. The number of phenols is 2. The molecule has 1 spiro atoms. The molecular weight excluding hydrogens is 1470 g/mol. The summed E-state index contributed by atoms with van der Waals surface area (Å²) in [6.45, 7) is 14.6. The highest BCUT2D eigenvalue weighted by Crippen LogP contribution is 2.33. The van der Waals surface area contributed by atoms with E-state index in [2.05, 4.69) is 68.5 Å². The molecule has 2 aromatic heterocycles. The minimum Gasteiger partial charge on any atom is -0.508 e. The van der Waals surface area contributed by atoms with Gasteiger partial charge < -0.3 is 94.5 Å². The molecule has 2 aliphatic heterocycles. The van der Waals surface area contributed by atoms with Gasteiger partial charge in [0.1, 0.15) is 88.6 Å². The number of rotatable bonds is 11. The molecule has 34 heteroatoms. The molecule has 1 aliphatic carbocycles. The van der Waals surface area contributed by atoms with Crippen molar-refractivity contribution in [1.82, 2.24) is 73.4 Å². The molecule has 600 valence electrons. The number of benzene rings is 3. The second kappa shape index (κ2) is 38.1. The zero-order valence-corrected chi connectivity index (χ0v) is 65.5. The molecule has 0 unspecified atom stereocenters. The average molecular weight is 1570 g/mol. The summed E-state index contributed by atoms with van der Waals surface area (Å²) in [5, 5.41) is 72.9. The number of carbonyl (C=O) groups is 13. The van der Waals surface area contributed by atoms with Crippen molar-refractivity contribution in [3.63, 3.8) is 0 Å². The minimum absolute atomic E-state index is 0.00753. The first-order chi connectivity index (χ1) is 52.4. The fourth-order valence-corrected chi connectivity index (χ4v) is 15.1. The number of aromatic amines is 1. The van der Waals surface area contributed by atoms with Crippen LogP contribution in [-0.2, 0) is 93.1 Å². The number of H-pyrrole nitrogens is 1. The Hall–Kier alpha value is -10.3. The summed E-state index contributed by atoms with van der Waals surface area (Å²) in [5.41, 5.74) is 4.59. The SMILES string of the molecule is CC(=O)N[C@H]1CSCc2cccc(c2)CSC[C@@H](C(N)=O)NC(=O)[C@H]([C@@H](C)O)NC(=O)[C@](C)(C(C)C)NC(=O)[C@H](Cc2ccc(O)cc2)NC(=O)[C@H](C)NC(=O)C2(CCC2)NC(=O)[C@H](Cc2c[nH]c3ncccc23)NC(=O)[C@H]([C@@H](C)O)NC(=O)[C@@H]2CCCN2C(=O)[C@H](Cc2ccc(O)cc2)NC(=O)[C@H](C(C)(C)C)NC1=O. The maximum Gasteiger partial charge on any atom is 0.246 e. The van der Waals surface area contributed by atoms with E-state index in [-0.39, 0.29) is 74.5 Å². The van der Waals surface area contributed by atoms with Gasteiger partial charge in [0.15, 0.2) is 0 Å². The Balaban J connectivity index is 1.12. The van der Waals surface area contributed by atoms with Crippen LogP contribution in [0.25, 0.3) is 11.0 Å². The number of nitrogens with two attached hydrogens (primary N) is 1. The number of nitrogens with zero attached hydrogens (tertiary/aromatic N) is 2. The third kappa shape index (κ3) is 22.9. The number of aliphatic hydroxyl groups excluding tert-OH is 2. The van der Waals surface area contributed by atoms with E-state index >= 15 is 9.59 Å².